The number of hydrogen-bond acceptors (Lipinski definition) is 5. The van der Waals surface area contributed by atoms with E-state index in [0.717, 1.165) is 5.56 Å². The standard InChI is InChI=1S/C24H18FN3O2S/c25-20-13-11-19(12-14-20)16-26-27-24-28(17-21-9-5-15-30-21)23(29)22(31-24)10-4-8-18-6-2-1-3-7-18/h1-16H,17H2/b8-4+,22-10-,26-16-,27-24+. The van der Waals surface area contributed by atoms with Crippen molar-refractivity contribution in [1.82, 2.24) is 4.90 Å². The van der Waals surface area contributed by atoms with Crippen LogP contribution in [-0.2, 0) is 11.3 Å². The summed E-state index contributed by atoms with van der Waals surface area (Å²) in [5, 5.41) is 8.75. The third-order valence-corrected chi connectivity index (χ3v) is 5.35. The maximum atomic E-state index is 13.0. The lowest BCUT2D eigenvalue weighted by Crippen LogP contribution is -2.28. The smallest absolute Gasteiger partial charge is 0.267 e. The molecule has 0 N–H and O–H groups in total. The van der Waals surface area contributed by atoms with Gasteiger partial charge in [0.25, 0.3) is 5.91 Å². The number of nitrogens with zero attached hydrogens (tertiary/aromatic N) is 3. The Kier molecular flexibility index (Phi) is 6.54. The highest BCUT2D eigenvalue weighted by Gasteiger charge is 2.33. The molecule has 7 heteroatoms. The minimum Gasteiger partial charge on any atom is -0.467 e. The van der Waals surface area contributed by atoms with E-state index in [2.05, 4.69) is 10.2 Å². The van der Waals surface area contributed by atoms with Crippen LogP contribution in [-0.4, -0.2) is 22.2 Å². The summed E-state index contributed by atoms with van der Waals surface area (Å²) in [4.78, 5) is 15.0. The van der Waals surface area contributed by atoms with Crippen molar-refractivity contribution in [3.8, 4) is 0 Å². The van der Waals surface area contributed by atoms with Crippen LogP contribution in [0.2, 0.25) is 0 Å². The minimum absolute atomic E-state index is 0.171. The average molecular weight is 431 g/mol. The second kappa shape index (κ2) is 9.86. The third kappa shape index (κ3) is 5.46. The van der Waals surface area contributed by atoms with Crippen molar-refractivity contribution in [1.29, 1.82) is 0 Å². The van der Waals surface area contributed by atoms with Gasteiger partial charge in [-0.15, -0.1) is 5.10 Å². The predicted molar refractivity (Wildman–Crippen MR) is 122 cm³/mol. The number of carbonyl (C=O) groups excluding carboxylic acids is 1. The molecule has 31 heavy (non-hydrogen) atoms. The fraction of sp³-hybridized carbons (Fsp3) is 0.0417. The molecule has 0 atom stereocenters. The van der Waals surface area contributed by atoms with Gasteiger partial charge in [0.05, 0.1) is 23.9 Å². The van der Waals surface area contributed by atoms with Crippen LogP contribution in [0.3, 0.4) is 0 Å². The number of amides is 1. The zero-order chi connectivity index (χ0) is 21.5. The molecule has 1 aromatic heterocycles. The second-order valence-corrected chi connectivity index (χ2v) is 7.56. The number of rotatable bonds is 6. The van der Waals surface area contributed by atoms with Crippen molar-refractivity contribution in [2.24, 2.45) is 10.2 Å². The fourth-order valence-electron chi connectivity index (χ4n) is 2.80. The van der Waals surface area contributed by atoms with E-state index in [4.69, 9.17) is 4.42 Å². The molecule has 1 amide bonds. The molecular formula is C24H18FN3O2S. The number of allylic oxidation sites excluding steroid dienone is 2. The highest BCUT2D eigenvalue weighted by Crippen LogP contribution is 2.32. The molecule has 0 aliphatic carbocycles. The van der Waals surface area contributed by atoms with E-state index in [0.29, 0.717) is 21.4 Å². The largest absolute Gasteiger partial charge is 0.467 e. The van der Waals surface area contributed by atoms with Gasteiger partial charge in [0.15, 0.2) is 5.17 Å². The maximum absolute atomic E-state index is 13.0. The maximum Gasteiger partial charge on any atom is 0.267 e. The topological polar surface area (TPSA) is 58.2 Å². The van der Waals surface area contributed by atoms with Gasteiger partial charge in [-0.2, -0.15) is 5.10 Å². The average Bonchev–Trinajstić information content (AvgIpc) is 3.40. The SMILES string of the molecule is O=C1/C(=C/C=C/c2ccccc2)S/C(=N/N=C\c2ccc(F)cc2)N1Cc1ccco1. The van der Waals surface area contributed by atoms with E-state index in [1.807, 2.05) is 42.5 Å². The molecule has 1 aliphatic heterocycles. The molecule has 1 saturated heterocycles. The van der Waals surface area contributed by atoms with Crippen molar-refractivity contribution in [3.63, 3.8) is 0 Å². The van der Waals surface area contributed by atoms with Crippen LogP contribution in [0.5, 0.6) is 0 Å². The van der Waals surface area contributed by atoms with Gasteiger partial charge in [0.1, 0.15) is 11.6 Å². The zero-order valence-corrected chi connectivity index (χ0v) is 17.2. The summed E-state index contributed by atoms with van der Waals surface area (Å²) in [5.74, 6) is 0.156. The molecule has 154 valence electrons. The summed E-state index contributed by atoms with van der Waals surface area (Å²) in [6.07, 6.45) is 8.61. The quantitative estimate of drug-likeness (QED) is 0.295. The first-order valence-corrected chi connectivity index (χ1v) is 10.3. The number of thioether (sulfide) groups is 1. The lowest BCUT2D eigenvalue weighted by molar-refractivity contribution is -0.122. The molecule has 2 aromatic carbocycles. The first kappa shape index (κ1) is 20.6. The molecule has 0 radical (unpaired) electrons. The molecule has 5 nitrogen and oxygen atoms in total. The summed E-state index contributed by atoms with van der Waals surface area (Å²) < 4.78 is 18.4. The van der Waals surface area contributed by atoms with Gasteiger partial charge >= 0.3 is 0 Å². The number of halogens is 1. The Labute approximate surface area is 183 Å². The van der Waals surface area contributed by atoms with Crippen molar-refractivity contribution < 1.29 is 13.6 Å². The van der Waals surface area contributed by atoms with E-state index in [1.165, 1.54) is 35.0 Å². The van der Waals surface area contributed by atoms with Gasteiger partial charge in [-0.05, 0) is 53.2 Å². The zero-order valence-electron chi connectivity index (χ0n) is 16.4. The van der Waals surface area contributed by atoms with Crippen LogP contribution >= 0.6 is 11.8 Å². The summed E-state index contributed by atoms with van der Waals surface area (Å²) in [6, 6.07) is 19.3. The van der Waals surface area contributed by atoms with E-state index < -0.39 is 0 Å². The Morgan fingerprint density at radius 2 is 1.81 bits per heavy atom. The van der Waals surface area contributed by atoms with Crippen LogP contribution in [0.15, 0.2) is 105 Å². The number of amidine groups is 1. The molecule has 0 unspecified atom stereocenters. The van der Waals surface area contributed by atoms with Crippen molar-refractivity contribution in [2.45, 2.75) is 6.54 Å². The van der Waals surface area contributed by atoms with Crippen molar-refractivity contribution in [3.05, 3.63) is 113 Å². The number of benzene rings is 2. The molecule has 0 spiro atoms. The molecule has 0 saturated carbocycles. The van der Waals surface area contributed by atoms with Gasteiger partial charge in [0, 0.05) is 0 Å². The second-order valence-electron chi connectivity index (χ2n) is 6.55. The highest BCUT2D eigenvalue weighted by atomic mass is 32.2. The number of furan rings is 1. The van der Waals surface area contributed by atoms with E-state index >= 15 is 0 Å². The molecule has 0 bridgehead atoms. The Bertz CT molecular complexity index is 1150. The minimum atomic E-state index is -0.316. The summed E-state index contributed by atoms with van der Waals surface area (Å²) in [5.41, 5.74) is 1.75. The van der Waals surface area contributed by atoms with Crippen LogP contribution in [0, 0.1) is 5.82 Å². The molecule has 1 fully saturated rings. The summed E-state index contributed by atoms with van der Waals surface area (Å²) >= 11 is 1.24. The van der Waals surface area contributed by atoms with Gasteiger partial charge in [0.2, 0.25) is 0 Å². The van der Waals surface area contributed by atoms with E-state index in [1.54, 1.807) is 36.6 Å². The Morgan fingerprint density at radius 1 is 1.00 bits per heavy atom. The van der Waals surface area contributed by atoms with Crippen molar-refractivity contribution in [2.75, 3.05) is 0 Å². The van der Waals surface area contributed by atoms with Gasteiger partial charge in [-0.1, -0.05) is 54.6 Å². The van der Waals surface area contributed by atoms with Crippen LogP contribution in [0.25, 0.3) is 6.08 Å². The Balaban J connectivity index is 1.55. The number of carbonyl (C=O) groups is 1. The lowest BCUT2D eigenvalue weighted by atomic mass is 10.2. The Morgan fingerprint density at radius 3 is 2.55 bits per heavy atom. The first-order chi connectivity index (χ1) is 15.2. The van der Waals surface area contributed by atoms with E-state index in [-0.39, 0.29) is 18.3 Å². The monoisotopic (exact) mass is 431 g/mol. The fourth-order valence-corrected chi connectivity index (χ4v) is 3.69. The van der Waals surface area contributed by atoms with Crippen LogP contribution in [0.1, 0.15) is 16.9 Å². The predicted octanol–water partition coefficient (Wildman–Crippen LogP) is 5.48. The Hall–Kier alpha value is -3.71. The van der Waals surface area contributed by atoms with Crippen LogP contribution in [0.4, 0.5) is 4.39 Å². The third-order valence-electron chi connectivity index (χ3n) is 4.34. The highest BCUT2D eigenvalue weighted by molar-refractivity contribution is 8.18. The van der Waals surface area contributed by atoms with Gasteiger partial charge in [-0.25, -0.2) is 4.39 Å². The normalized spacial score (nSPS) is 17.1. The summed E-state index contributed by atoms with van der Waals surface area (Å²) in [6.45, 7) is 0.253. The van der Waals surface area contributed by atoms with Crippen molar-refractivity contribution >= 4 is 35.1 Å². The molecule has 2 heterocycles. The lowest BCUT2D eigenvalue weighted by Gasteiger charge is -2.12. The van der Waals surface area contributed by atoms with E-state index in [9.17, 15) is 9.18 Å². The number of hydrogen-bond donors (Lipinski definition) is 0. The van der Waals surface area contributed by atoms with Gasteiger partial charge in [-0.3, -0.25) is 9.69 Å². The van der Waals surface area contributed by atoms with Crippen LogP contribution < -0.4 is 0 Å². The first-order valence-electron chi connectivity index (χ1n) is 9.51. The van der Waals surface area contributed by atoms with Gasteiger partial charge < -0.3 is 4.42 Å². The summed E-state index contributed by atoms with van der Waals surface area (Å²) in [7, 11) is 0. The molecule has 3 aromatic rings. The molecular weight excluding hydrogens is 413 g/mol. The molecule has 4 rings (SSSR count). The molecule has 1 aliphatic rings.